The number of benzene rings is 2. The van der Waals surface area contributed by atoms with E-state index in [2.05, 4.69) is 31.2 Å². The van der Waals surface area contributed by atoms with Gasteiger partial charge in [0.2, 0.25) is 11.7 Å². The van der Waals surface area contributed by atoms with E-state index in [1.165, 1.54) is 6.92 Å². The molecule has 2 aromatic carbocycles. The fourth-order valence-corrected chi connectivity index (χ4v) is 3.64. The Hall–Kier alpha value is -4.50. The van der Waals surface area contributed by atoms with Gasteiger partial charge in [0.15, 0.2) is 6.04 Å². The largest absolute Gasteiger partial charge is 0.416 e. The molecule has 2 heterocycles. The number of imidazole rings is 1. The van der Waals surface area contributed by atoms with Crippen molar-refractivity contribution in [2.24, 2.45) is 7.05 Å². The molecule has 1 unspecified atom stereocenters. The van der Waals surface area contributed by atoms with Crippen molar-refractivity contribution >= 4 is 22.8 Å². The lowest BCUT2D eigenvalue weighted by Crippen LogP contribution is -2.45. The predicted molar refractivity (Wildman–Crippen MR) is 123 cm³/mol. The molecule has 10 nitrogen and oxygen atoms in total. The first-order chi connectivity index (χ1) is 18.2. The molecule has 206 valence electrons. The Balaban J connectivity index is 1.39. The van der Waals surface area contributed by atoms with Crippen molar-refractivity contribution in [3.05, 3.63) is 59.4 Å². The number of halogens is 6. The number of aryl methyl sites for hydroxylation is 2. The third-order valence-electron chi connectivity index (χ3n) is 5.78. The number of fused-ring (bicyclic) bond motifs is 1. The maximum absolute atomic E-state index is 13.1. The molecule has 2 aromatic heterocycles. The van der Waals surface area contributed by atoms with E-state index in [4.69, 9.17) is 0 Å². The predicted octanol–water partition coefficient (Wildman–Crippen LogP) is 3.61. The molecule has 16 heteroatoms. The molecule has 0 aliphatic carbocycles. The smallest absolute Gasteiger partial charge is 0.331 e. The molecular weight excluding hydrogens is 534 g/mol. The Morgan fingerprint density at radius 3 is 2.23 bits per heavy atom. The van der Waals surface area contributed by atoms with E-state index in [1.807, 2.05) is 35.9 Å². The van der Waals surface area contributed by atoms with Gasteiger partial charge in [-0.05, 0) is 42.5 Å². The highest BCUT2D eigenvalue weighted by Crippen LogP contribution is 2.38. The van der Waals surface area contributed by atoms with Crippen LogP contribution in [0.1, 0.15) is 36.3 Å². The Morgan fingerprint density at radius 1 is 0.974 bits per heavy atom. The normalized spacial score (nSPS) is 12.9. The molecule has 0 saturated carbocycles. The molecule has 4 rings (SSSR count). The SMILES string of the molecule is CC(C(=O)NNC(=O)CCc1nc2ccccc2n1C)n1nnc(-c2cc(C(F)(F)F)cc(C(F)(F)F)c2)n1. The second kappa shape index (κ2) is 10.3. The standard InChI is InChI=1S/C23H20F6N8O2/c1-12(21(39)33-31-19(38)8-7-18-30-16-5-3-4-6-17(16)36(18)2)37-34-20(32-35-37)13-9-14(22(24,25)26)11-15(10-13)23(27,28)29/h3-6,9-12H,7-8H2,1-2H3,(H,31,38)(H,33,39). The van der Waals surface area contributed by atoms with Crippen molar-refractivity contribution in [3.8, 4) is 11.4 Å². The lowest BCUT2D eigenvalue weighted by Gasteiger charge is -2.13. The van der Waals surface area contributed by atoms with Gasteiger partial charge in [0.25, 0.3) is 5.91 Å². The van der Waals surface area contributed by atoms with E-state index < -0.39 is 52.7 Å². The molecular formula is C23H20F6N8O2. The lowest BCUT2D eigenvalue weighted by atomic mass is 10.0. The summed E-state index contributed by atoms with van der Waals surface area (Å²) in [7, 11) is 1.81. The van der Waals surface area contributed by atoms with E-state index in [1.54, 1.807) is 0 Å². The van der Waals surface area contributed by atoms with Crippen molar-refractivity contribution in [2.75, 3.05) is 0 Å². The molecule has 0 aliphatic heterocycles. The molecule has 0 bridgehead atoms. The van der Waals surface area contributed by atoms with Crippen molar-refractivity contribution < 1.29 is 35.9 Å². The maximum Gasteiger partial charge on any atom is 0.416 e. The summed E-state index contributed by atoms with van der Waals surface area (Å²) < 4.78 is 80.7. The number of alkyl halides is 6. The zero-order chi connectivity index (χ0) is 28.5. The molecule has 0 saturated heterocycles. The number of nitrogens with one attached hydrogen (secondary N) is 2. The molecule has 0 radical (unpaired) electrons. The monoisotopic (exact) mass is 554 g/mol. The van der Waals surface area contributed by atoms with E-state index in [-0.39, 0.29) is 18.9 Å². The zero-order valence-electron chi connectivity index (χ0n) is 20.3. The van der Waals surface area contributed by atoms with Gasteiger partial charge in [-0.25, -0.2) is 4.98 Å². The number of amides is 2. The van der Waals surface area contributed by atoms with Gasteiger partial charge in [-0.2, -0.15) is 31.1 Å². The van der Waals surface area contributed by atoms with E-state index in [9.17, 15) is 35.9 Å². The third kappa shape index (κ3) is 6.15. The zero-order valence-corrected chi connectivity index (χ0v) is 20.3. The van der Waals surface area contributed by atoms with Gasteiger partial charge < -0.3 is 4.57 Å². The quantitative estimate of drug-likeness (QED) is 0.278. The number of hydrogen-bond acceptors (Lipinski definition) is 6. The Morgan fingerprint density at radius 2 is 1.62 bits per heavy atom. The topological polar surface area (TPSA) is 120 Å². The van der Waals surface area contributed by atoms with Crippen LogP contribution in [0, 0.1) is 0 Å². The third-order valence-corrected chi connectivity index (χ3v) is 5.78. The number of nitrogens with zero attached hydrogens (tertiary/aromatic N) is 6. The molecule has 39 heavy (non-hydrogen) atoms. The van der Waals surface area contributed by atoms with Gasteiger partial charge in [-0.1, -0.05) is 12.1 Å². The summed E-state index contributed by atoms with van der Waals surface area (Å²) in [5, 5.41) is 10.8. The minimum Gasteiger partial charge on any atom is -0.331 e. The van der Waals surface area contributed by atoms with Crippen LogP contribution < -0.4 is 10.9 Å². The van der Waals surface area contributed by atoms with Crippen LogP contribution in [0.4, 0.5) is 26.3 Å². The fraction of sp³-hybridized carbons (Fsp3) is 0.304. The van der Waals surface area contributed by atoms with Gasteiger partial charge in [0.1, 0.15) is 5.82 Å². The maximum atomic E-state index is 13.1. The van der Waals surface area contributed by atoms with Crippen LogP contribution >= 0.6 is 0 Å². The number of rotatable bonds is 6. The number of carbonyl (C=O) groups is 2. The number of carbonyl (C=O) groups excluding carboxylic acids is 2. The molecule has 1 atom stereocenters. The summed E-state index contributed by atoms with van der Waals surface area (Å²) in [6, 6.07) is 7.09. The lowest BCUT2D eigenvalue weighted by molar-refractivity contribution is -0.143. The first kappa shape index (κ1) is 27.5. The molecule has 2 amide bonds. The minimum atomic E-state index is -5.05. The Bertz CT molecular complexity index is 1490. The van der Waals surface area contributed by atoms with Crippen molar-refractivity contribution in [1.29, 1.82) is 0 Å². The summed E-state index contributed by atoms with van der Waals surface area (Å²) in [5.41, 5.74) is 2.39. The van der Waals surface area contributed by atoms with Crippen LogP contribution in [0.15, 0.2) is 42.5 Å². The fourth-order valence-electron chi connectivity index (χ4n) is 3.64. The second-order valence-corrected chi connectivity index (χ2v) is 8.52. The number of tetrazole rings is 1. The Labute approximate surface area is 216 Å². The van der Waals surface area contributed by atoms with E-state index in [0.29, 0.717) is 22.8 Å². The summed E-state index contributed by atoms with van der Waals surface area (Å²) >= 11 is 0. The summed E-state index contributed by atoms with van der Waals surface area (Å²) in [5.74, 6) is -1.24. The average Bonchev–Trinajstić information content (AvgIpc) is 3.49. The number of para-hydroxylation sites is 2. The summed E-state index contributed by atoms with van der Waals surface area (Å²) in [6.07, 6.45) is -9.83. The van der Waals surface area contributed by atoms with Gasteiger partial charge in [0.05, 0.1) is 22.2 Å². The summed E-state index contributed by atoms with van der Waals surface area (Å²) in [6.45, 7) is 1.29. The highest BCUT2D eigenvalue weighted by Gasteiger charge is 2.37. The van der Waals surface area contributed by atoms with Crippen LogP contribution in [-0.4, -0.2) is 41.6 Å². The number of hydrogen-bond donors (Lipinski definition) is 2. The highest BCUT2D eigenvalue weighted by molar-refractivity contribution is 5.84. The van der Waals surface area contributed by atoms with Crippen LogP contribution in [0.5, 0.6) is 0 Å². The first-order valence-corrected chi connectivity index (χ1v) is 11.3. The van der Waals surface area contributed by atoms with Gasteiger partial charge >= 0.3 is 12.4 Å². The first-order valence-electron chi connectivity index (χ1n) is 11.3. The van der Waals surface area contributed by atoms with Crippen molar-refractivity contribution in [1.82, 2.24) is 40.6 Å². The van der Waals surface area contributed by atoms with E-state index in [0.717, 1.165) is 11.0 Å². The molecule has 0 spiro atoms. The van der Waals surface area contributed by atoms with Crippen LogP contribution in [-0.2, 0) is 35.4 Å². The van der Waals surface area contributed by atoms with Gasteiger partial charge in [-0.15, -0.1) is 10.2 Å². The van der Waals surface area contributed by atoms with Gasteiger partial charge in [0, 0.05) is 25.5 Å². The molecule has 0 fully saturated rings. The van der Waals surface area contributed by atoms with Gasteiger partial charge in [-0.3, -0.25) is 20.4 Å². The minimum absolute atomic E-state index is 0.00533. The Kier molecular flexibility index (Phi) is 7.30. The molecule has 4 aromatic rings. The second-order valence-electron chi connectivity index (χ2n) is 8.52. The van der Waals surface area contributed by atoms with Crippen molar-refractivity contribution in [3.63, 3.8) is 0 Å². The number of hydrazine groups is 1. The molecule has 2 N–H and O–H groups in total. The van der Waals surface area contributed by atoms with Crippen LogP contribution in [0.3, 0.4) is 0 Å². The number of aromatic nitrogens is 6. The average molecular weight is 554 g/mol. The highest BCUT2D eigenvalue weighted by atomic mass is 19.4. The van der Waals surface area contributed by atoms with Crippen molar-refractivity contribution in [2.45, 2.75) is 38.2 Å². The van der Waals surface area contributed by atoms with E-state index >= 15 is 0 Å². The summed E-state index contributed by atoms with van der Waals surface area (Å²) in [4.78, 5) is 29.8. The van der Waals surface area contributed by atoms with Crippen LogP contribution in [0.2, 0.25) is 0 Å². The molecule has 0 aliphatic rings. The van der Waals surface area contributed by atoms with Crippen LogP contribution in [0.25, 0.3) is 22.4 Å².